The Balaban J connectivity index is 1.64. The highest BCUT2D eigenvalue weighted by Crippen LogP contribution is 2.51. The molecule has 3 aliphatic rings. The number of likely N-dealkylation sites (N-methyl/N-ethyl adjacent to an activating group) is 1. The second kappa shape index (κ2) is 13.2. The highest BCUT2D eigenvalue weighted by molar-refractivity contribution is 6.32. The molecule has 0 radical (unpaired) electrons. The predicted octanol–water partition coefficient (Wildman–Crippen LogP) is -0.181. The maximum atomic E-state index is 13.9. The minimum absolute atomic E-state index is 0.0780. The molecule has 0 saturated heterocycles. The number of fused-ring (bicyclic) bond motifs is 3. The van der Waals surface area contributed by atoms with E-state index < -0.39 is 94.4 Å². The first kappa shape index (κ1) is 33.9. The molecule has 0 spiro atoms. The van der Waals surface area contributed by atoms with E-state index in [1.54, 1.807) is 0 Å². The normalized spacial score (nSPS) is 28.2. The summed E-state index contributed by atoms with van der Waals surface area (Å²) in [6, 6.07) is 0.538. The summed E-state index contributed by atoms with van der Waals surface area (Å²) in [4.78, 5) is 92.4. The van der Waals surface area contributed by atoms with E-state index in [4.69, 9.17) is 5.73 Å². The molecule has 45 heavy (non-hydrogen) atoms. The number of unbranched alkanes of at least 4 members (excludes halogenated alkanes) is 3. The van der Waals surface area contributed by atoms with E-state index >= 15 is 0 Å². The molecule has 7 atom stereocenters. The van der Waals surface area contributed by atoms with Gasteiger partial charge in [-0.3, -0.25) is 38.5 Å². The average Bonchev–Trinajstić information content (AvgIpc) is 2.95. The molecular weight excluding hydrogens is 588 g/mol. The number of carbonyl (C=O) groups is 7. The van der Waals surface area contributed by atoms with Crippen LogP contribution in [-0.4, -0.2) is 99.5 Å². The van der Waals surface area contributed by atoms with Gasteiger partial charge in [0.15, 0.2) is 34.7 Å². The molecule has 2 fully saturated rings. The summed E-state index contributed by atoms with van der Waals surface area (Å²) in [7, 11) is 3.01. The van der Waals surface area contributed by atoms with Crippen LogP contribution < -0.4 is 16.4 Å². The Hall–Kier alpha value is -4.01. The highest BCUT2D eigenvalue weighted by atomic mass is 16.4. The third-order valence-electron chi connectivity index (χ3n) is 9.31. The van der Waals surface area contributed by atoms with E-state index in [1.807, 2.05) is 6.92 Å². The van der Waals surface area contributed by atoms with Crippen molar-refractivity contribution in [2.45, 2.75) is 69.6 Å². The number of hydrogen-bond acceptors (Lipinski definition) is 11. The van der Waals surface area contributed by atoms with E-state index in [9.17, 15) is 48.9 Å². The first-order chi connectivity index (χ1) is 21.2. The largest absolute Gasteiger partial charge is 0.505 e. The van der Waals surface area contributed by atoms with Gasteiger partial charge in [-0.15, -0.1) is 0 Å². The fourth-order valence-corrected chi connectivity index (χ4v) is 7.16. The van der Waals surface area contributed by atoms with Gasteiger partial charge in [-0.05, 0) is 57.5 Å². The van der Waals surface area contributed by atoms with Crippen molar-refractivity contribution in [3.05, 3.63) is 23.3 Å². The first-order valence-corrected chi connectivity index (χ1v) is 15.1. The van der Waals surface area contributed by atoms with Crippen molar-refractivity contribution in [1.29, 1.82) is 0 Å². The number of carboxylic acid groups (broad SMARTS) is 1. The summed E-state index contributed by atoms with van der Waals surface area (Å²) in [5.41, 5.74) is 2.39. The molecule has 7 N–H and O–H groups in total. The molecule has 244 valence electrons. The summed E-state index contributed by atoms with van der Waals surface area (Å²) in [6.07, 6.45) is 3.09. The van der Waals surface area contributed by atoms with Crippen LogP contribution in [0, 0.1) is 23.7 Å². The molecule has 0 aliphatic heterocycles. The lowest BCUT2D eigenvalue weighted by Gasteiger charge is -2.52. The quantitative estimate of drug-likeness (QED) is 0.100. The number of primary amides is 1. The zero-order valence-corrected chi connectivity index (χ0v) is 25.5. The summed E-state index contributed by atoms with van der Waals surface area (Å²) in [5.74, 6) is -13.8. The number of aromatic hydroxyl groups is 1. The van der Waals surface area contributed by atoms with Crippen molar-refractivity contribution < 1.29 is 48.9 Å². The van der Waals surface area contributed by atoms with Crippen LogP contribution in [0.3, 0.4) is 0 Å². The van der Waals surface area contributed by atoms with Crippen LogP contribution in [0.15, 0.2) is 12.1 Å². The molecule has 0 aromatic heterocycles. The Bertz CT molecular complexity index is 1440. The third kappa shape index (κ3) is 6.01. The standard InChI is InChI=1S/C31H40N4O10/c1-4-5-6-7-10-33-18(13-19(36)37)30(44)34-17-9-8-14-11-15-12-16-23(35(2)3)26(40)22(29(32)43)28(42)31(16,45)27(41)21(15)25(39)20(14)24(17)38/h8-9,15-16,18,21-23,33,38,45H,4-7,10-13H2,1-3H3,(H2,32,43)(H,34,44)(H,36,37)/t15?,16?,18?,21?,22?,23-,31-/m0/s1. The fraction of sp³-hybridized carbons (Fsp3) is 0.581. The number of nitrogens with two attached hydrogens (primary N) is 1. The Morgan fingerprint density at radius 1 is 1.09 bits per heavy atom. The second-order valence-electron chi connectivity index (χ2n) is 12.4. The average molecular weight is 629 g/mol. The monoisotopic (exact) mass is 628 g/mol. The molecular formula is C31H40N4O10. The zero-order chi connectivity index (χ0) is 33.4. The lowest BCUT2D eigenvalue weighted by Crippen LogP contribution is -2.74. The van der Waals surface area contributed by atoms with Crippen molar-refractivity contribution >= 4 is 46.6 Å². The summed E-state index contributed by atoms with van der Waals surface area (Å²) in [6.45, 7) is 2.44. The molecule has 14 nitrogen and oxygen atoms in total. The van der Waals surface area contributed by atoms with Gasteiger partial charge in [0, 0.05) is 5.92 Å². The number of aliphatic hydroxyl groups is 1. The van der Waals surface area contributed by atoms with Gasteiger partial charge in [0.05, 0.1) is 35.7 Å². The van der Waals surface area contributed by atoms with Crippen molar-refractivity contribution in [2.75, 3.05) is 26.0 Å². The number of nitrogens with zero attached hydrogens (tertiary/aromatic N) is 1. The van der Waals surface area contributed by atoms with E-state index in [1.165, 1.54) is 31.1 Å². The van der Waals surface area contributed by atoms with Crippen molar-refractivity contribution in [2.24, 2.45) is 29.4 Å². The van der Waals surface area contributed by atoms with Crippen LogP contribution >= 0.6 is 0 Å². The molecule has 0 heterocycles. The van der Waals surface area contributed by atoms with Crippen molar-refractivity contribution in [3.8, 4) is 5.75 Å². The Labute approximate surface area is 259 Å². The number of hydrogen-bond donors (Lipinski definition) is 6. The minimum atomic E-state index is -2.84. The van der Waals surface area contributed by atoms with Crippen LogP contribution in [0.4, 0.5) is 5.69 Å². The van der Waals surface area contributed by atoms with E-state index in [0.29, 0.717) is 12.1 Å². The molecule has 2 amide bonds. The summed E-state index contributed by atoms with van der Waals surface area (Å²) < 4.78 is 0. The molecule has 14 heteroatoms. The van der Waals surface area contributed by atoms with E-state index in [0.717, 1.165) is 25.7 Å². The topological polar surface area (TPSA) is 234 Å². The Kier molecular flexibility index (Phi) is 9.90. The summed E-state index contributed by atoms with van der Waals surface area (Å²) >= 11 is 0. The van der Waals surface area contributed by atoms with Crippen LogP contribution in [0.2, 0.25) is 0 Å². The lowest BCUT2D eigenvalue weighted by molar-refractivity contribution is -0.181. The molecule has 4 rings (SSSR count). The summed E-state index contributed by atoms with van der Waals surface area (Å²) in [5, 5.41) is 37.5. The number of carbonyl (C=O) groups excluding carboxylic acids is 6. The molecule has 0 bridgehead atoms. The van der Waals surface area contributed by atoms with Crippen LogP contribution in [0.1, 0.15) is 61.4 Å². The number of phenols is 1. The molecule has 2 saturated carbocycles. The van der Waals surface area contributed by atoms with Crippen LogP contribution in [-0.2, 0) is 35.2 Å². The Morgan fingerprint density at radius 3 is 2.38 bits per heavy atom. The maximum absolute atomic E-state index is 13.9. The fourth-order valence-electron chi connectivity index (χ4n) is 7.16. The number of Topliss-reactive ketones (excluding diaryl/α,β-unsaturated/α-hetero) is 4. The van der Waals surface area contributed by atoms with Gasteiger partial charge in [-0.1, -0.05) is 32.3 Å². The number of carboxylic acids is 1. The number of anilines is 1. The number of phenolic OH excluding ortho intramolecular Hbond substituents is 1. The second-order valence-corrected chi connectivity index (χ2v) is 12.4. The van der Waals surface area contributed by atoms with E-state index in [-0.39, 0.29) is 24.1 Å². The number of rotatable bonds is 12. The van der Waals surface area contributed by atoms with Gasteiger partial charge < -0.3 is 31.7 Å². The van der Waals surface area contributed by atoms with Crippen LogP contribution in [0.5, 0.6) is 5.75 Å². The third-order valence-corrected chi connectivity index (χ3v) is 9.31. The van der Waals surface area contributed by atoms with Gasteiger partial charge in [0.1, 0.15) is 5.75 Å². The molecule has 5 unspecified atom stereocenters. The SMILES string of the molecule is CCCCCCNC(CC(=O)O)C(=O)Nc1ccc2c(c1O)C(=O)C1C(=O)[C@]3(O)C(=O)C(C(N)=O)C(=O)[C@@H](N(C)C)C3CC1C2. The smallest absolute Gasteiger partial charge is 0.305 e. The van der Waals surface area contributed by atoms with Crippen molar-refractivity contribution in [3.63, 3.8) is 0 Å². The Morgan fingerprint density at radius 2 is 1.78 bits per heavy atom. The molecule has 1 aromatic rings. The van der Waals surface area contributed by atoms with Gasteiger partial charge in [0.2, 0.25) is 11.8 Å². The first-order valence-electron chi connectivity index (χ1n) is 15.1. The number of amides is 2. The van der Waals surface area contributed by atoms with Gasteiger partial charge >= 0.3 is 5.97 Å². The lowest BCUT2D eigenvalue weighted by atomic mass is 9.52. The van der Waals surface area contributed by atoms with Gasteiger partial charge in [-0.25, -0.2) is 0 Å². The van der Waals surface area contributed by atoms with Gasteiger partial charge in [-0.2, -0.15) is 0 Å². The number of ketones is 4. The minimum Gasteiger partial charge on any atom is -0.505 e. The predicted molar refractivity (Wildman–Crippen MR) is 158 cm³/mol. The number of benzene rings is 1. The van der Waals surface area contributed by atoms with Gasteiger partial charge in [0.25, 0.3) is 0 Å². The molecule has 1 aromatic carbocycles. The van der Waals surface area contributed by atoms with Crippen molar-refractivity contribution in [1.82, 2.24) is 10.2 Å². The highest BCUT2D eigenvalue weighted by Gasteiger charge is 2.69. The molecule has 3 aliphatic carbocycles. The number of nitrogens with one attached hydrogen (secondary N) is 2. The maximum Gasteiger partial charge on any atom is 0.305 e. The van der Waals surface area contributed by atoms with Crippen LogP contribution in [0.25, 0.3) is 0 Å². The van der Waals surface area contributed by atoms with E-state index in [2.05, 4.69) is 10.6 Å². The zero-order valence-electron chi connectivity index (χ0n) is 25.5. The number of aliphatic carboxylic acids is 1.